The number of benzene rings is 1. The predicted octanol–water partition coefficient (Wildman–Crippen LogP) is 2.06. The number of allylic oxidation sites excluding steroid dienone is 2. The molecule has 0 fully saturated rings. The number of fused-ring (bicyclic) bond motifs is 1. The van der Waals surface area contributed by atoms with Crippen molar-refractivity contribution in [1.29, 1.82) is 0 Å². The summed E-state index contributed by atoms with van der Waals surface area (Å²) < 4.78 is 0. The molecule has 0 aromatic heterocycles. The molecule has 0 saturated carbocycles. The molecule has 7 nitrogen and oxygen atoms in total. The summed E-state index contributed by atoms with van der Waals surface area (Å²) in [6.07, 6.45) is 5.91. The van der Waals surface area contributed by atoms with Gasteiger partial charge in [0.15, 0.2) is 5.84 Å². The lowest BCUT2D eigenvalue weighted by atomic mass is 10.2. The van der Waals surface area contributed by atoms with Crippen molar-refractivity contribution in [2.75, 3.05) is 23.3 Å². The molecule has 130 valence electrons. The van der Waals surface area contributed by atoms with Crippen LogP contribution in [0.15, 0.2) is 63.2 Å². The number of amidine groups is 1. The van der Waals surface area contributed by atoms with Gasteiger partial charge in [-0.15, -0.1) is 0 Å². The fourth-order valence-electron chi connectivity index (χ4n) is 2.61. The molecule has 1 heterocycles. The lowest BCUT2D eigenvalue weighted by Gasteiger charge is -2.21. The SMILES string of the molecule is CCN(CC)c1ccc(NC(N)=NC(N)=NC2=NC3=C[C@@H]3C=C2)cc1. The van der Waals surface area contributed by atoms with Crippen LogP contribution in [0.2, 0.25) is 0 Å². The molecule has 1 aliphatic carbocycles. The van der Waals surface area contributed by atoms with Gasteiger partial charge in [0.05, 0.1) is 5.70 Å². The first kappa shape index (κ1) is 16.8. The van der Waals surface area contributed by atoms with Gasteiger partial charge in [-0.2, -0.15) is 9.98 Å². The first-order valence-corrected chi connectivity index (χ1v) is 8.38. The quantitative estimate of drug-likeness (QED) is 0.578. The summed E-state index contributed by atoms with van der Waals surface area (Å²) in [5, 5.41) is 3.01. The van der Waals surface area contributed by atoms with Gasteiger partial charge >= 0.3 is 0 Å². The number of rotatable bonds is 4. The molecule has 0 saturated heterocycles. The highest BCUT2D eigenvalue weighted by atomic mass is 15.2. The smallest absolute Gasteiger partial charge is 0.225 e. The molecule has 0 bridgehead atoms. The third kappa shape index (κ3) is 4.26. The van der Waals surface area contributed by atoms with Crippen LogP contribution in [0.3, 0.4) is 0 Å². The molecule has 25 heavy (non-hydrogen) atoms. The van der Waals surface area contributed by atoms with Crippen LogP contribution in [0.25, 0.3) is 0 Å². The maximum atomic E-state index is 5.90. The van der Waals surface area contributed by atoms with Crippen molar-refractivity contribution in [1.82, 2.24) is 0 Å². The lowest BCUT2D eigenvalue weighted by Crippen LogP contribution is -2.26. The number of hydrogen-bond donors (Lipinski definition) is 3. The van der Waals surface area contributed by atoms with Gasteiger partial charge in [-0.05, 0) is 50.3 Å². The highest BCUT2D eigenvalue weighted by molar-refractivity contribution is 6.07. The van der Waals surface area contributed by atoms with E-state index in [2.05, 4.69) is 45.1 Å². The van der Waals surface area contributed by atoms with E-state index in [4.69, 9.17) is 11.5 Å². The summed E-state index contributed by atoms with van der Waals surface area (Å²) >= 11 is 0. The number of guanidine groups is 2. The number of aliphatic imine (C=N–C) groups is 3. The van der Waals surface area contributed by atoms with Crippen LogP contribution in [0.4, 0.5) is 11.4 Å². The number of nitrogens with zero attached hydrogens (tertiary/aromatic N) is 4. The number of hydrogen-bond acceptors (Lipinski definition) is 3. The Morgan fingerprint density at radius 2 is 1.92 bits per heavy atom. The Balaban J connectivity index is 1.63. The summed E-state index contributed by atoms with van der Waals surface area (Å²) in [4.78, 5) is 14.8. The van der Waals surface area contributed by atoms with Crippen molar-refractivity contribution in [3.63, 3.8) is 0 Å². The summed E-state index contributed by atoms with van der Waals surface area (Å²) in [7, 11) is 0. The van der Waals surface area contributed by atoms with Gasteiger partial charge in [-0.3, -0.25) is 0 Å². The molecule has 7 heteroatoms. The molecule has 1 aromatic carbocycles. The number of anilines is 2. The standard InChI is InChI=1S/C18H23N7/c1-3-25(4-2)14-8-6-13(7-9-14)21-17(19)24-18(20)23-16-10-5-12-11-15(12)22-16/h5-12H,3-4H2,1-2H3,(H5,19,20,21,22,23,24)/t12-/m0/s1. The average Bonchev–Trinajstić information content (AvgIpc) is 3.36. The van der Waals surface area contributed by atoms with Gasteiger partial charge in [0.2, 0.25) is 11.9 Å². The number of nitrogens with one attached hydrogen (secondary N) is 1. The zero-order chi connectivity index (χ0) is 17.8. The van der Waals surface area contributed by atoms with Crippen LogP contribution in [0.5, 0.6) is 0 Å². The highest BCUT2D eigenvalue weighted by Crippen LogP contribution is 2.33. The van der Waals surface area contributed by atoms with Crippen LogP contribution >= 0.6 is 0 Å². The largest absolute Gasteiger partial charge is 0.372 e. The molecule has 1 aliphatic heterocycles. The monoisotopic (exact) mass is 337 g/mol. The third-order valence-corrected chi connectivity index (χ3v) is 4.01. The molecule has 0 spiro atoms. The highest BCUT2D eigenvalue weighted by Gasteiger charge is 2.24. The topological polar surface area (TPSA) is 104 Å². The van der Waals surface area contributed by atoms with Crippen molar-refractivity contribution in [2.24, 2.45) is 32.4 Å². The van der Waals surface area contributed by atoms with E-state index >= 15 is 0 Å². The first-order chi connectivity index (χ1) is 12.1. The van der Waals surface area contributed by atoms with Crippen molar-refractivity contribution >= 4 is 29.1 Å². The Hall–Kier alpha value is -3.09. The van der Waals surface area contributed by atoms with E-state index in [1.807, 2.05) is 36.4 Å². The number of nitrogens with two attached hydrogens (primary N) is 2. The number of dihydropyridines is 1. The Morgan fingerprint density at radius 1 is 1.20 bits per heavy atom. The van der Waals surface area contributed by atoms with Crippen LogP contribution in [0, 0.1) is 5.92 Å². The van der Waals surface area contributed by atoms with Crippen molar-refractivity contribution in [3.8, 4) is 0 Å². The summed E-state index contributed by atoms with van der Waals surface area (Å²) in [5.74, 6) is 1.17. The molecule has 0 radical (unpaired) electrons. The molecule has 0 unspecified atom stereocenters. The van der Waals surface area contributed by atoms with Gasteiger partial charge < -0.3 is 21.7 Å². The summed E-state index contributed by atoms with van der Waals surface area (Å²) in [6.45, 7) is 6.20. The molecular formula is C18H23N7. The maximum absolute atomic E-state index is 5.90. The molecule has 0 amide bonds. The third-order valence-electron chi connectivity index (χ3n) is 4.01. The fourth-order valence-corrected chi connectivity index (χ4v) is 2.61. The van der Waals surface area contributed by atoms with E-state index in [1.54, 1.807) is 0 Å². The summed E-state index contributed by atoms with van der Waals surface area (Å²) in [6, 6.07) is 8.00. The Morgan fingerprint density at radius 3 is 2.56 bits per heavy atom. The lowest BCUT2D eigenvalue weighted by molar-refractivity contribution is 0.866. The zero-order valence-corrected chi connectivity index (χ0v) is 14.5. The normalized spacial score (nSPS) is 19.0. The average molecular weight is 337 g/mol. The van der Waals surface area contributed by atoms with E-state index in [-0.39, 0.29) is 11.9 Å². The Kier molecular flexibility index (Phi) is 4.83. The minimum Gasteiger partial charge on any atom is -0.372 e. The zero-order valence-electron chi connectivity index (χ0n) is 14.5. The van der Waals surface area contributed by atoms with Gasteiger partial charge in [-0.25, -0.2) is 4.99 Å². The van der Waals surface area contributed by atoms with E-state index in [1.165, 1.54) is 5.69 Å². The molecular weight excluding hydrogens is 314 g/mol. The van der Waals surface area contributed by atoms with Crippen molar-refractivity contribution < 1.29 is 0 Å². The molecule has 1 atom stereocenters. The molecule has 3 rings (SSSR count). The maximum Gasteiger partial charge on any atom is 0.225 e. The van der Waals surface area contributed by atoms with Crippen LogP contribution in [0.1, 0.15) is 13.8 Å². The Bertz CT molecular complexity index is 780. The van der Waals surface area contributed by atoms with E-state index < -0.39 is 0 Å². The van der Waals surface area contributed by atoms with Gasteiger partial charge in [0, 0.05) is 30.4 Å². The minimum absolute atomic E-state index is 0.0628. The van der Waals surface area contributed by atoms with Crippen LogP contribution in [-0.2, 0) is 0 Å². The minimum atomic E-state index is 0.0628. The van der Waals surface area contributed by atoms with E-state index in [9.17, 15) is 0 Å². The van der Waals surface area contributed by atoms with E-state index in [0.29, 0.717) is 11.8 Å². The summed E-state index contributed by atoms with van der Waals surface area (Å²) in [5.41, 5.74) is 14.7. The van der Waals surface area contributed by atoms with Crippen molar-refractivity contribution in [2.45, 2.75) is 13.8 Å². The fraction of sp³-hybridized carbons (Fsp3) is 0.278. The second kappa shape index (κ2) is 7.21. The Labute approximate surface area is 147 Å². The predicted molar refractivity (Wildman–Crippen MR) is 105 cm³/mol. The molecule has 2 aliphatic rings. The second-order valence-electron chi connectivity index (χ2n) is 5.76. The van der Waals surface area contributed by atoms with Gasteiger partial charge in [0.25, 0.3) is 0 Å². The van der Waals surface area contributed by atoms with E-state index in [0.717, 1.165) is 24.5 Å². The first-order valence-electron chi connectivity index (χ1n) is 8.38. The van der Waals surface area contributed by atoms with Crippen LogP contribution < -0.4 is 21.7 Å². The van der Waals surface area contributed by atoms with Gasteiger partial charge in [0.1, 0.15) is 0 Å². The van der Waals surface area contributed by atoms with Crippen molar-refractivity contribution in [3.05, 3.63) is 48.2 Å². The second-order valence-corrected chi connectivity index (χ2v) is 5.76. The molecule has 5 N–H and O–H groups in total. The van der Waals surface area contributed by atoms with Gasteiger partial charge in [-0.1, -0.05) is 6.08 Å². The van der Waals surface area contributed by atoms with Crippen LogP contribution in [-0.4, -0.2) is 30.8 Å². The molecule has 1 aromatic rings.